The van der Waals surface area contributed by atoms with Crippen molar-refractivity contribution >= 4 is 29.9 Å². The lowest BCUT2D eigenvalue weighted by Crippen LogP contribution is -2.38. The van der Waals surface area contributed by atoms with Crippen molar-refractivity contribution in [3.63, 3.8) is 0 Å². The Kier molecular flexibility index (Phi) is 10.2. The highest BCUT2D eigenvalue weighted by Crippen LogP contribution is 2.18. The number of aryl methyl sites for hydroxylation is 1. The highest BCUT2D eigenvalue weighted by molar-refractivity contribution is 14.0. The molecule has 120 valence electrons. The van der Waals surface area contributed by atoms with Gasteiger partial charge in [-0.2, -0.15) is 0 Å². The van der Waals surface area contributed by atoms with Gasteiger partial charge in [-0.1, -0.05) is 26.0 Å². The fourth-order valence-electron chi connectivity index (χ4n) is 1.85. The zero-order valence-electron chi connectivity index (χ0n) is 13.7. The Morgan fingerprint density at radius 2 is 2.00 bits per heavy atom. The van der Waals surface area contributed by atoms with E-state index >= 15 is 0 Å². The number of halogens is 1. The normalized spacial score (nSPS) is 11.0. The summed E-state index contributed by atoms with van der Waals surface area (Å²) in [5.41, 5.74) is 2.38. The Hall–Kier alpha value is -0.980. The number of aliphatic imine (C=N–C) groups is 1. The summed E-state index contributed by atoms with van der Waals surface area (Å²) in [6, 6.07) is 6.26. The van der Waals surface area contributed by atoms with Crippen molar-refractivity contribution < 1.29 is 4.74 Å². The van der Waals surface area contributed by atoms with Gasteiger partial charge in [-0.25, -0.2) is 0 Å². The van der Waals surface area contributed by atoms with E-state index in [0.29, 0.717) is 12.5 Å². The van der Waals surface area contributed by atoms with E-state index in [2.05, 4.69) is 48.5 Å². The molecule has 0 fully saturated rings. The predicted octanol–water partition coefficient (Wildman–Crippen LogP) is 3.33. The van der Waals surface area contributed by atoms with E-state index in [0.717, 1.165) is 30.4 Å². The number of ether oxygens (including phenoxy) is 1. The molecule has 0 radical (unpaired) electrons. The van der Waals surface area contributed by atoms with Crippen LogP contribution in [-0.4, -0.2) is 26.2 Å². The summed E-state index contributed by atoms with van der Waals surface area (Å²) in [7, 11) is 1.79. The molecule has 5 heteroatoms. The molecule has 0 atom stereocenters. The standard InChI is InChI=1S/C16H27N3O.HI/c1-6-20-15-8-7-14(9-13(15)4)11-19-16(17-5)18-10-12(2)3;/h7-9,12H,6,10-11H2,1-5H3,(H2,17,18,19);1H. The van der Waals surface area contributed by atoms with Gasteiger partial charge in [0, 0.05) is 20.1 Å². The fraction of sp³-hybridized carbons (Fsp3) is 0.562. The van der Waals surface area contributed by atoms with Crippen LogP contribution in [0.15, 0.2) is 23.2 Å². The second kappa shape index (κ2) is 10.7. The van der Waals surface area contributed by atoms with Crippen molar-refractivity contribution in [1.82, 2.24) is 10.6 Å². The highest BCUT2D eigenvalue weighted by Gasteiger charge is 2.03. The van der Waals surface area contributed by atoms with Crippen LogP contribution in [-0.2, 0) is 6.54 Å². The number of rotatable bonds is 6. The summed E-state index contributed by atoms with van der Waals surface area (Å²) in [5.74, 6) is 2.39. The van der Waals surface area contributed by atoms with E-state index in [1.54, 1.807) is 7.05 Å². The first-order chi connectivity index (χ1) is 9.56. The predicted molar refractivity (Wildman–Crippen MR) is 101 cm³/mol. The zero-order chi connectivity index (χ0) is 15.0. The Bertz CT molecular complexity index is 447. The maximum Gasteiger partial charge on any atom is 0.191 e. The fourth-order valence-corrected chi connectivity index (χ4v) is 1.85. The van der Waals surface area contributed by atoms with Crippen molar-refractivity contribution in [2.75, 3.05) is 20.2 Å². The molecule has 0 saturated carbocycles. The molecular formula is C16H28IN3O. The molecule has 0 heterocycles. The SMILES string of the molecule is CCOc1ccc(CNC(=NC)NCC(C)C)cc1C.I. The third kappa shape index (κ3) is 7.55. The molecule has 0 aliphatic rings. The van der Waals surface area contributed by atoms with Gasteiger partial charge < -0.3 is 15.4 Å². The number of hydrogen-bond donors (Lipinski definition) is 2. The van der Waals surface area contributed by atoms with Gasteiger partial charge in [0.25, 0.3) is 0 Å². The Labute approximate surface area is 145 Å². The monoisotopic (exact) mass is 405 g/mol. The van der Waals surface area contributed by atoms with Gasteiger partial charge in [0.1, 0.15) is 5.75 Å². The first-order valence-corrected chi connectivity index (χ1v) is 7.23. The Balaban J connectivity index is 0.00000400. The van der Waals surface area contributed by atoms with Crippen LogP contribution in [0.25, 0.3) is 0 Å². The van der Waals surface area contributed by atoms with Gasteiger partial charge in [-0.15, -0.1) is 24.0 Å². The average Bonchev–Trinajstić information content (AvgIpc) is 2.41. The van der Waals surface area contributed by atoms with Crippen LogP contribution >= 0.6 is 24.0 Å². The minimum absolute atomic E-state index is 0. The molecule has 1 aromatic carbocycles. The van der Waals surface area contributed by atoms with Crippen molar-refractivity contribution in [3.8, 4) is 5.75 Å². The van der Waals surface area contributed by atoms with Gasteiger partial charge in [-0.05, 0) is 37.0 Å². The summed E-state index contributed by atoms with van der Waals surface area (Å²) < 4.78 is 5.55. The van der Waals surface area contributed by atoms with Crippen LogP contribution in [0.1, 0.15) is 31.9 Å². The van der Waals surface area contributed by atoms with E-state index in [1.807, 2.05) is 13.0 Å². The maximum absolute atomic E-state index is 5.55. The maximum atomic E-state index is 5.55. The number of guanidine groups is 1. The molecule has 0 aliphatic carbocycles. The summed E-state index contributed by atoms with van der Waals surface area (Å²) in [5, 5.41) is 6.62. The van der Waals surface area contributed by atoms with Crippen molar-refractivity contribution in [2.24, 2.45) is 10.9 Å². The van der Waals surface area contributed by atoms with Crippen molar-refractivity contribution in [3.05, 3.63) is 29.3 Å². The smallest absolute Gasteiger partial charge is 0.191 e. The second-order valence-corrected chi connectivity index (χ2v) is 5.23. The molecule has 1 aromatic rings. The molecule has 0 unspecified atom stereocenters. The molecule has 0 aromatic heterocycles. The molecule has 0 amide bonds. The number of nitrogens with zero attached hydrogens (tertiary/aromatic N) is 1. The Morgan fingerprint density at radius 1 is 1.29 bits per heavy atom. The minimum atomic E-state index is 0. The zero-order valence-corrected chi connectivity index (χ0v) is 16.0. The molecule has 2 N–H and O–H groups in total. The lowest BCUT2D eigenvalue weighted by Gasteiger charge is -2.14. The van der Waals surface area contributed by atoms with Gasteiger partial charge in [0.05, 0.1) is 6.61 Å². The molecule has 1 rings (SSSR count). The van der Waals surface area contributed by atoms with Gasteiger partial charge in [0.15, 0.2) is 5.96 Å². The Morgan fingerprint density at radius 3 is 2.52 bits per heavy atom. The summed E-state index contributed by atoms with van der Waals surface area (Å²) >= 11 is 0. The summed E-state index contributed by atoms with van der Waals surface area (Å²) in [4.78, 5) is 4.21. The van der Waals surface area contributed by atoms with Gasteiger partial charge in [-0.3, -0.25) is 4.99 Å². The third-order valence-electron chi connectivity index (χ3n) is 2.90. The van der Waals surface area contributed by atoms with Gasteiger partial charge in [0.2, 0.25) is 0 Å². The van der Waals surface area contributed by atoms with Crippen LogP contribution in [0.5, 0.6) is 5.75 Å². The summed E-state index contributed by atoms with van der Waals surface area (Å²) in [6.07, 6.45) is 0. The molecule has 0 bridgehead atoms. The van der Waals surface area contributed by atoms with E-state index in [1.165, 1.54) is 5.56 Å². The molecule has 4 nitrogen and oxygen atoms in total. The number of benzene rings is 1. The van der Waals surface area contributed by atoms with Crippen molar-refractivity contribution in [1.29, 1.82) is 0 Å². The summed E-state index contributed by atoms with van der Waals surface area (Å²) in [6.45, 7) is 10.8. The van der Waals surface area contributed by atoms with E-state index in [4.69, 9.17) is 4.74 Å². The lowest BCUT2D eigenvalue weighted by atomic mass is 10.1. The molecular weight excluding hydrogens is 377 g/mol. The highest BCUT2D eigenvalue weighted by atomic mass is 127. The topological polar surface area (TPSA) is 45.6 Å². The average molecular weight is 405 g/mol. The first kappa shape index (κ1) is 20.0. The molecule has 21 heavy (non-hydrogen) atoms. The van der Waals surface area contributed by atoms with Crippen LogP contribution in [0.4, 0.5) is 0 Å². The molecule has 0 aliphatic heterocycles. The van der Waals surface area contributed by atoms with E-state index in [9.17, 15) is 0 Å². The first-order valence-electron chi connectivity index (χ1n) is 7.23. The van der Waals surface area contributed by atoms with Crippen LogP contribution < -0.4 is 15.4 Å². The second-order valence-electron chi connectivity index (χ2n) is 5.23. The molecule has 0 saturated heterocycles. The quantitative estimate of drug-likeness (QED) is 0.434. The van der Waals surface area contributed by atoms with Crippen LogP contribution in [0, 0.1) is 12.8 Å². The number of hydrogen-bond acceptors (Lipinski definition) is 2. The minimum Gasteiger partial charge on any atom is -0.494 e. The van der Waals surface area contributed by atoms with E-state index in [-0.39, 0.29) is 24.0 Å². The number of nitrogens with one attached hydrogen (secondary N) is 2. The van der Waals surface area contributed by atoms with E-state index < -0.39 is 0 Å². The van der Waals surface area contributed by atoms with Crippen LogP contribution in [0.2, 0.25) is 0 Å². The third-order valence-corrected chi connectivity index (χ3v) is 2.90. The lowest BCUT2D eigenvalue weighted by molar-refractivity contribution is 0.338. The largest absolute Gasteiger partial charge is 0.494 e. The van der Waals surface area contributed by atoms with Crippen molar-refractivity contribution in [2.45, 2.75) is 34.2 Å². The van der Waals surface area contributed by atoms with Gasteiger partial charge >= 0.3 is 0 Å². The van der Waals surface area contributed by atoms with Crippen LogP contribution in [0.3, 0.4) is 0 Å². The molecule has 0 spiro atoms.